The van der Waals surface area contributed by atoms with Gasteiger partial charge in [-0.25, -0.2) is 0 Å². The molecule has 38 heavy (non-hydrogen) atoms. The quantitative estimate of drug-likeness (QED) is 0.222. The zero-order valence-electron chi connectivity index (χ0n) is 20.7. The molecule has 0 unspecified atom stereocenters. The van der Waals surface area contributed by atoms with E-state index in [-0.39, 0.29) is 6.42 Å². The summed E-state index contributed by atoms with van der Waals surface area (Å²) in [6.07, 6.45) is 7.24. The van der Waals surface area contributed by atoms with Gasteiger partial charge in [-0.1, -0.05) is 41.1 Å². The second kappa shape index (κ2) is 13.0. The molecule has 0 radical (unpaired) electrons. The maximum Gasteiger partial charge on any atom is 0.303 e. The Morgan fingerprint density at radius 2 is 1.79 bits per heavy atom. The van der Waals surface area contributed by atoms with Crippen LogP contribution in [-0.4, -0.2) is 30.5 Å². The standard InChI is InChI=1S/C31H25Cl2NO4/c1-37-30-17-8-22(5-4-21-6-13-26(14-7-21)38-18-2-3-31(35)36)19-23(30)9-11-25-12-16-29(34-25)27-15-10-24(32)20-28(27)33/h6-11,13-17,19-20H,2-3,12,18H2,1H3,(H,35,36)/b11-9+. The Morgan fingerprint density at radius 3 is 2.53 bits per heavy atom. The molecule has 3 aromatic carbocycles. The number of rotatable bonds is 9. The van der Waals surface area contributed by atoms with E-state index in [0.717, 1.165) is 39.4 Å². The average Bonchev–Trinajstić information content (AvgIpc) is 3.38. The third kappa shape index (κ3) is 7.52. The molecule has 7 heteroatoms. The van der Waals surface area contributed by atoms with Gasteiger partial charge in [0.05, 0.1) is 24.4 Å². The average molecular weight is 546 g/mol. The Kier molecular flexibility index (Phi) is 9.26. The van der Waals surface area contributed by atoms with Crippen LogP contribution in [0.15, 0.2) is 77.8 Å². The second-order valence-electron chi connectivity index (χ2n) is 8.43. The number of allylic oxidation sites excluding steroid dienone is 2. The van der Waals surface area contributed by atoms with Gasteiger partial charge in [0.25, 0.3) is 0 Å². The first-order valence-corrected chi connectivity index (χ1v) is 12.7. The van der Waals surface area contributed by atoms with Crippen LogP contribution in [0.2, 0.25) is 10.0 Å². The van der Waals surface area contributed by atoms with Crippen LogP contribution < -0.4 is 9.47 Å². The van der Waals surface area contributed by atoms with E-state index >= 15 is 0 Å². The van der Waals surface area contributed by atoms with Gasteiger partial charge in [0.2, 0.25) is 0 Å². The van der Waals surface area contributed by atoms with Crippen LogP contribution in [0.4, 0.5) is 0 Å². The summed E-state index contributed by atoms with van der Waals surface area (Å²) in [5.74, 6) is 6.95. The molecule has 1 N–H and O–H groups in total. The molecule has 0 saturated carbocycles. The predicted octanol–water partition coefficient (Wildman–Crippen LogP) is 7.54. The third-order valence-electron chi connectivity index (χ3n) is 5.67. The highest BCUT2D eigenvalue weighted by atomic mass is 35.5. The number of hydrogen-bond donors (Lipinski definition) is 1. The van der Waals surface area contributed by atoms with Gasteiger partial charge < -0.3 is 14.6 Å². The van der Waals surface area contributed by atoms with Crippen LogP contribution in [0.25, 0.3) is 11.8 Å². The van der Waals surface area contributed by atoms with Crippen LogP contribution in [0.3, 0.4) is 0 Å². The Balaban J connectivity index is 1.43. The summed E-state index contributed by atoms with van der Waals surface area (Å²) in [6.45, 7) is 0.359. The summed E-state index contributed by atoms with van der Waals surface area (Å²) in [5, 5.41) is 9.86. The lowest BCUT2D eigenvalue weighted by molar-refractivity contribution is -0.137. The molecular formula is C31H25Cl2NO4. The number of ether oxygens (including phenoxy) is 2. The van der Waals surface area contributed by atoms with Crippen LogP contribution >= 0.6 is 23.2 Å². The predicted molar refractivity (Wildman–Crippen MR) is 153 cm³/mol. The number of carboxylic acid groups (broad SMARTS) is 1. The first-order valence-electron chi connectivity index (χ1n) is 12.0. The van der Waals surface area contributed by atoms with E-state index in [1.807, 2.05) is 66.8 Å². The summed E-state index contributed by atoms with van der Waals surface area (Å²) in [6, 6.07) is 18.6. The summed E-state index contributed by atoms with van der Waals surface area (Å²) >= 11 is 12.3. The SMILES string of the molecule is COc1ccc(C#Cc2ccc(OCCCC(=O)O)cc2)cc1/C=C/C1=NC(c2ccc(Cl)cc2Cl)=CC1. The van der Waals surface area contributed by atoms with Gasteiger partial charge in [-0.3, -0.25) is 9.79 Å². The van der Waals surface area contributed by atoms with Crippen molar-refractivity contribution in [2.24, 2.45) is 4.99 Å². The number of carbonyl (C=O) groups is 1. The Bertz CT molecular complexity index is 1480. The molecular weight excluding hydrogens is 521 g/mol. The van der Waals surface area contributed by atoms with Crippen molar-refractivity contribution in [3.63, 3.8) is 0 Å². The van der Waals surface area contributed by atoms with Gasteiger partial charge in [-0.2, -0.15) is 0 Å². The topological polar surface area (TPSA) is 68.1 Å². The number of nitrogens with zero attached hydrogens (tertiary/aromatic N) is 1. The fraction of sp³-hybridized carbons (Fsp3) is 0.161. The minimum absolute atomic E-state index is 0.0902. The van der Waals surface area contributed by atoms with Crippen molar-refractivity contribution < 1.29 is 19.4 Å². The molecule has 1 aliphatic rings. The fourth-order valence-electron chi connectivity index (χ4n) is 3.74. The first kappa shape index (κ1) is 27.1. The zero-order valence-corrected chi connectivity index (χ0v) is 22.2. The van der Waals surface area contributed by atoms with Gasteiger partial charge in [0, 0.05) is 45.8 Å². The molecule has 3 aromatic rings. The monoisotopic (exact) mass is 545 g/mol. The number of methoxy groups -OCH3 is 1. The van der Waals surface area contributed by atoms with E-state index < -0.39 is 5.97 Å². The maximum atomic E-state index is 10.6. The van der Waals surface area contributed by atoms with Gasteiger partial charge >= 0.3 is 5.97 Å². The normalized spacial score (nSPS) is 12.5. The lowest BCUT2D eigenvalue weighted by Gasteiger charge is -2.05. The number of aliphatic carboxylic acids is 1. The van der Waals surface area contributed by atoms with E-state index in [9.17, 15) is 4.79 Å². The van der Waals surface area contributed by atoms with E-state index in [4.69, 9.17) is 42.8 Å². The van der Waals surface area contributed by atoms with Crippen molar-refractivity contribution >= 4 is 46.7 Å². The molecule has 0 atom stereocenters. The molecule has 0 fully saturated rings. The van der Waals surface area contributed by atoms with E-state index in [1.165, 1.54) is 0 Å². The maximum absolute atomic E-state index is 10.6. The highest BCUT2D eigenvalue weighted by Gasteiger charge is 2.12. The smallest absolute Gasteiger partial charge is 0.303 e. The van der Waals surface area contributed by atoms with Crippen LogP contribution in [0.1, 0.15) is 41.5 Å². The van der Waals surface area contributed by atoms with Gasteiger partial charge in [0.15, 0.2) is 0 Å². The molecule has 0 bridgehead atoms. The Labute approximate surface area is 232 Å². The molecule has 0 aromatic heterocycles. The van der Waals surface area contributed by atoms with E-state index in [1.54, 1.807) is 19.2 Å². The highest BCUT2D eigenvalue weighted by Crippen LogP contribution is 2.31. The minimum atomic E-state index is -0.825. The van der Waals surface area contributed by atoms with E-state index in [0.29, 0.717) is 35.2 Å². The summed E-state index contributed by atoms with van der Waals surface area (Å²) in [7, 11) is 1.64. The van der Waals surface area contributed by atoms with Gasteiger partial charge in [0.1, 0.15) is 11.5 Å². The Hall–Kier alpha value is -3.98. The van der Waals surface area contributed by atoms with Gasteiger partial charge in [-0.15, -0.1) is 0 Å². The first-order chi connectivity index (χ1) is 18.4. The molecule has 4 rings (SSSR count). The second-order valence-corrected chi connectivity index (χ2v) is 9.27. The molecule has 1 aliphatic heterocycles. The molecule has 192 valence electrons. The highest BCUT2D eigenvalue weighted by molar-refractivity contribution is 6.35. The molecule has 5 nitrogen and oxygen atoms in total. The van der Waals surface area contributed by atoms with Crippen molar-refractivity contribution in [3.8, 4) is 23.3 Å². The Morgan fingerprint density at radius 1 is 1.03 bits per heavy atom. The van der Waals surface area contributed by atoms with Crippen molar-refractivity contribution in [3.05, 3.63) is 105 Å². The van der Waals surface area contributed by atoms with Crippen molar-refractivity contribution in [1.29, 1.82) is 0 Å². The lowest BCUT2D eigenvalue weighted by Crippen LogP contribution is -2.01. The van der Waals surface area contributed by atoms with Crippen molar-refractivity contribution in [2.75, 3.05) is 13.7 Å². The molecule has 0 saturated heterocycles. The van der Waals surface area contributed by atoms with Crippen molar-refractivity contribution in [1.82, 2.24) is 0 Å². The van der Waals surface area contributed by atoms with Crippen LogP contribution in [0.5, 0.6) is 11.5 Å². The molecule has 0 spiro atoms. The van der Waals surface area contributed by atoms with Crippen LogP contribution in [-0.2, 0) is 4.79 Å². The molecule has 0 amide bonds. The molecule has 0 aliphatic carbocycles. The number of aliphatic imine (C=N–C) groups is 1. The number of hydrogen-bond acceptors (Lipinski definition) is 4. The van der Waals surface area contributed by atoms with Crippen LogP contribution in [0, 0.1) is 11.8 Å². The number of benzene rings is 3. The summed E-state index contributed by atoms with van der Waals surface area (Å²) in [5.41, 5.74) is 5.18. The largest absolute Gasteiger partial charge is 0.496 e. The summed E-state index contributed by atoms with van der Waals surface area (Å²) < 4.78 is 11.1. The lowest BCUT2D eigenvalue weighted by atomic mass is 10.1. The number of halogens is 2. The van der Waals surface area contributed by atoms with Gasteiger partial charge in [-0.05, 0) is 79.2 Å². The zero-order chi connectivity index (χ0) is 26.9. The summed E-state index contributed by atoms with van der Waals surface area (Å²) in [4.78, 5) is 15.3. The van der Waals surface area contributed by atoms with E-state index in [2.05, 4.69) is 11.8 Å². The minimum Gasteiger partial charge on any atom is -0.496 e. The van der Waals surface area contributed by atoms with Crippen molar-refractivity contribution in [2.45, 2.75) is 19.3 Å². The fourth-order valence-corrected chi connectivity index (χ4v) is 4.25. The third-order valence-corrected chi connectivity index (χ3v) is 6.22. The number of carboxylic acids is 1. The molecule has 1 heterocycles.